The molecule has 0 heterocycles. The zero-order valence-corrected chi connectivity index (χ0v) is 16.1. The molecule has 0 saturated carbocycles. The highest BCUT2D eigenvalue weighted by molar-refractivity contribution is 5.76. The molecular formula is C18H28N6O3. The topological polar surface area (TPSA) is 124 Å². The summed E-state index contributed by atoms with van der Waals surface area (Å²) in [5, 5.41) is 17.6. The first-order valence-corrected chi connectivity index (χ1v) is 9.38. The van der Waals surface area contributed by atoms with Crippen molar-refractivity contribution in [3.05, 3.63) is 38.8 Å². The molecule has 148 valence electrons. The second kappa shape index (κ2) is 12.5. The molecule has 1 aromatic rings. The Kier molecular flexibility index (Phi) is 10.3. The van der Waals surface area contributed by atoms with Crippen LogP contribution in [0.25, 0.3) is 10.4 Å². The van der Waals surface area contributed by atoms with Crippen LogP contribution in [0.3, 0.4) is 0 Å². The first kappa shape index (κ1) is 22.2. The molecule has 1 N–H and O–H groups in total. The predicted molar refractivity (Wildman–Crippen MR) is 106 cm³/mol. The minimum Gasteiger partial charge on any atom is -0.379 e. The quantitative estimate of drug-likeness (QED) is 0.127. The number of carbonyl (C=O) groups is 1. The lowest BCUT2D eigenvalue weighted by Crippen LogP contribution is -2.32. The van der Waals surface area contributed by atoms with E-state index in [1.165, 1.54) is 12.1 Å². The van der Waals surface area contributed by atoms with E-state index in [9.17, 15) is 14.9 Å². The van der Waals surface area contributed by atoms with Gasteiger partial charge >= 0.3 is 0 Å². The number of benzene rings is 1. The molecule has 9 heteroatoms. The minimum absolute atomic E-state index is 0.121. The van der Waals surface area contributed by atoms with E-state index < -0.39 is 4.92 Å². The molecule has 0 unspecified atom stereocenters. The molecule has 0 spiro atoms. The first-order valence-electron chi connectivity index (χ1n) is 9.38. The number of nitrogens with zero attached hydrogens (tertiary/aromatic N) is 5. The standard InChI is InChI=1S/C18H28N6O3/c1-3-12-23(13-4-2)18(25)8-6-5-7-11-20-16-10-9-15(21-22-19)14-17(16)24(26)27/h9-10,14,20H,3-8,11-13H2,1-2H3. The summed E-state index contributed by atoms with van der Waals surface area (Å²) in [7, 11) is 0. The lowest BCUT2D eigenvalue weighted by Gasteiger charge is -2.21. The third-order valence-electron chi connectivity index (χ3n) is 4.06. The van der Waals surface area contributed by atoms with Gasteiger partial charge < -0.3 is 10.2 Å². The van der Waals surface area contributed by atoms with Gasteiger partial charge in [-0.2, -0.15) is 0 Å². The van der Waals surface area contributed by atoms with Gasteiger partial charge in [-0.15, -0.1) is 0 Å². The summed E-state index contributed by atoms with van der Waals surface area (Å²) in [4.78, 5) is 27.4. The molecule has 1 aromatic carbocycles. The van der Waals surface area contributed by atoms with Gasteiger partial charge in [0, 0.05) is 42.7 Å². The van der Waals surface area contributed by atoms with E-state index in [2.05, 4.69) is 29.2 Å². The largest absolute Gasteiger partial charge is 0.379 e. The van der Waals surface area contributed by atoms with Crippen LogP contribution in [0.2, 0.25) is 0 Å². The SMILES string of the molecule is CCCN(CCC)C(=O)CCCCCNc1ccc(N=[N+]=[N-])cc1[N+](=O)[O-]. The summed E-state index contributed by atoms with van der Waals surface area (Å²) in [6.07, 6.45) is 4.96. The van der Waals surface area contributed by atoms with Crippen LogP contribution in [-0.2, 0) is 4.79 Å². The fourth-order valence-corrected chi connectivity index (χ4v) is 2.79. The van der Waals surface area contributed by atoms with E-state index in [4.69, 9.17) is 5.53 Å². The summed E-state index contributed by atoms with van der Waals surface area (Å²) in [5.74, 6) is 0.205. The van der Waals surface area contributed by atoms with Crippen molar-refractivity contribution in [3.63, 3.8) is 0 Å². The van der Waals surface area contributed by atoms with Crippen molar-refractivity contribution in [3.8, 4) is 0 Å². The number of azide groups is 1. The van der Waals surface area contributed by atoms with Gasteiger partial charge in [0.1, 0.15) is 5.69 Å². The van der Waals surface area contributed by atoms with Gasteiger partial charge in [0.15, 0.2) is 0 Å². The van der Waals surface area contributed by atoms with Crippen LogP contribution < -0.4 is 5.32 Å². The zero-order chi connectivity index (χ0) is 20.1. The number of carbonyl (C=O) groups excluding carboxylic acids is 1. The van der Waals surface area contributed by atoms with Gasteiger partial charge in [0.05, 0.1) is 4.92 Å². The van der Waals surface area contributed by atoms with Gasteiger partial charge in [-0.05, 0) is 37.3 Å². The Morgan fingerprint density at radius 2 is 1.96 bits per heavy atom. The minimum atomic E-state index is -0.507. The fraction of sp³-hybridized carbons (Fsp3) is 0.611. The van der Waals surface area contributed by atoms with Crippen LogP contribution in [0.4, 0.5) is 17.1 Å². The van der Waals surface area contributed by atoms with E-state index >= 15 is 0 Å². The maximum atomic E-state index is 12.2. The van der Waals surface area contributed by atoms with Crippen LogP contribution in [0.1, 0.15) is 52.4 Å². The Labute approximate surface area is 159 Å². The molecule has 0 atom stereocenters. The van der Waals surface area contributed by atoms with Gasteiger partial charge in [-0.1, -0.05) is 31.4 Å². The molecule has 0 radical (unpaired) electrons. The molecule has 0 fully saturated rings. The van der Waals surface area contributed by atoms with E-state index in [0.717, 1.165) is 45.2 Å². The molecule has 0 aliphatic rings. The van der Waals surface area contributed by atoms with Crippen molar-refractivity contribution in [2.45, 2.75) is 52.4 Å². The van der Waals surface area contributed by atoms with E-state index in [1.54, 1.807) is 6.07 Å². The van der Waals surface area contributed by atoms with Crippen molar-refractivity contribution in [1.82, 2.24) is 4.90 Å². The second-order valence-electron chi connectivity index (χ2n) is 6.27. The molecule has 0 aliphatic heterocycles. The lowest BCUT2D eigenvalue weighted by atomic mass is 10.1. The van der Waals surface area contributed by atoms with Crippen molar-refractivity contribution >= 4 is 23.0 Å². The lowest BCUT2D eigenvalue weighted by molar-refractivity contribution is -0.383. The van der Waals surface area contributed by atoms with Crippen LogP contribution in [0, 0.1) is 10.1 Å². The highest BCUT2D eigenvalue weighted by Crippen LogP contribution is 2.29. The van der Waals surface area contributed by atoms with Crippen LogP contribution in [0.5, 0.6) is 0 Å². The molecular weight excluding hydrogens is 348 g/mol. The maximum absolute atomic E-state index is 12.2. The summed E-state index contributed by atoms with van der Waals surface area (Å²) >= 11 is 0. The van der Waals surface area contributed by atoms with Crippen LogP contribution >= 0.6 is 0 Å². The Hall–Kier alpha value is -2.80. The monoisotopic (exact) mass is 376 g/mol. The smallest absolute Gasteiger partial charge is 0.292 e. The molecule has 0 bridgehead atoms. The number of unbranched alkanes of at least 4 members (excludes halogenated alkanes) is 2. The first-order chi connectivity index (χ1) is 13.0. The fourth-order valence-electron chi connectivity index (χ4n) is 2.79. The van der Waals surface area contributed by atoms with Gasteiger partial charge in [-0.3, -0.25) is 14.9 Å². The highest BCUT2D eigenvalue weighted by atomic mass is 16.6. The average Bonchev–Trinajstić information content (AvgIpc) is 2.65. The molecule has 1 amide bonds. The van der Waals surface area contributed by atoms with Gasteiger partial charge in [0.2, 0.25) is 5.91 Å². The second-order valence-corrected chi connectivity index (χ2v) is 6.27. The number of rotatable bonds is 13. The number of amides is 1. The zero-order valence-electron chi connectivity index (χ0n) is 16.1. The van der Waals surface area contributed by atoms with Crippen molar-refractivity contribution in [1.29, 1.82) is 0 Å². The normalized spacial score (nSPS) is 10.1. The summed E-state index contributed by atoms with van der Waals surface area (Å²) in [6, 6.07) is 4.32. The Balaban J connectivity index is 2.41. The molecule has 27 heavy (non-hydrogen) atoms. The van der Waals surface area contributed by atoms with Crippen molar-refractivity contribution in [2.24, 2.45) is 5.11 Å². The van der Waals surface area contributed by atoms with Crippen LogP contribution in [-0.4, -0.2) is 35.4 Å². The van der Waals surface area contributed by atoms with Crippen molar-refractivity contribution < 1.29 is 9.72 Å². The summed E-state index contributed by atoms with van der Waals surface area (Å²) in [6.45, 7) is 6.33. The van der Waals surface area contributed by atoms with Gasteiger partial charge in [-0.25, -0.2) is 0 Å². The molecule has 0 aliphatic carbocycles. The van der Waals surface area contributed by atoms with E-state index in [-0.39, 0.29) is 17.3 Å². The molecule has 1 rings (SSSR count). The van der Waals surface area contributed by atoms with E-state index in [1.807, 2.05) is 4.90 Å². The molecule has 9 nitrogen and oxygen atoms in total. The molecule has 0 saturated heterocycles. The Morgan fingerprint density at radius 1 is 1.26 bits per heavy atom. The number of nitrogens with one attached hydrogen (secondary N) is 1. The number of hydrogen-bond acceptors (Lipinski definition) is 5. The molecule has 0 aromatic heterocycles. The Bertz CT molecular complexity index is 667. The van der Waals surface area contributed by atoms with E-state index in [0.29, 0.717) is 18.7 Å². The summed E-state index contributed by atoms with van der Waals surface area (Å²) < 4.78 is 0. The average molecular weight is 376 g/mol. The summed E-state index contributed by atoms with van der Waals surface area (Å²) in [5.41, 5.74) is 8.90. The highest BCUT2D eigenvalue weighted by Gasteiger charge is 2.14. The van der Waals surface area contributed by atoms with Crippen molar-refractivity contribution in [2.75, 3.05) is 25.0 Å². The number of hydrogen-bond donors (Lipinski definition) is 1. The maximum Gasteiger partial charge on any atom is 0.292 e. The Morgan fingerprint density at radius 3 is 2.56 bits per heavy atom. The third-order valence-corrected chi connectivity index (χ3v) is 4.06. The number of nitro groups is 1. The van der Waals surface area contributed by atoms with Crippen LogP contribution in [0.15, 0.2) is 23.3 Å². The number of nitro benzene ring substituents is 1. The van der Waals surface area contributed by atoms with Gasteiger partial charge in [0.25, 0.3) is 5.69 Å². The number of anilines is 1. The third kappa shape index (κ3) is 7.96. The predicted octanol–water partition coefficient (Wildman–Crippen LogP) is 5.16.